The zero-order chi connectivity index (χ0) is 20.1. The molecule has 0 saturated carbocycles. The van der Waals surface area contributed by atoms with Crippen molar-refractivity contribution in [2.45, 2.75) is 24.3 Å². The van der Waals surface area contributed by atoms with E-state index >= 15 is 0 Å². The number of fused-ring (bicyclic) bond motifs is 2. The minimum absolute atomic E-state index is 0.0448. The van der Waals surface area contributed by atoms with Gasteiger partial charge in [0.2, 0.25) is 0 Å². The Labute approximate surface area is 178 Å². The molecule has 4 fully saturated rings. The molecular formula is C25H30N4O. The summed E-state index contributed by atoms with van der Waals surface area (Å²) >= 11 is 0. The Balaban J connectivity index is 1.38. The lowest BCUT2D eigenvalue weighted by Crippen LogP contribution is -2.70. The van der Waals surface area contributed by atoms with Crippen LogP contribution in [0.25, 0.3) is 0 Å². The summed E-state index contributed by atoms with van der Waals surface area (Å²) in [5.41, 5.74) is 4.44. The summed E-state index contributed by atoms with van der Waals surface area (Å²) in [5, 5.41) is 7.05. The van der Waals surface area contributed by atoms with Crippen LogP contribution in [0.4, 0.5) is 5.69 Å². The van der Waals surface area contributed by atoms with Gasteiger partial charge in [0, 0.05) is 63.2 Å². The standard InChI is InChI=1S/C25H30N4O/c30-24(21-10-4-6-18-7-5-11-26-22(18)21)27-23-19-14-28-12-13-29(15-19)17-25(23,16-28)20-8-2-1-3-9-20/h1-4,6,8-10,19,23,26H,5,7,11-17H2,(H,27,30). The van der Waals surface area contributed by atoms with Gasteiger partial charge in [0.15, 0.2) is 0 Å². The number of anilines is 1. The van der Waals surface area contributed by atoms with Gasteiger partial charge in [-0.1, -0.05) is 42.5 Å². The van der Waals surface area contributed by atoms with Crippen molar-refractivity contribution in [1.82, 2.24) is 15.1 Å². The zero-order valence-corrected chi connectivity index (χ0v) is 17.4. The highest BCUT2D eigenvalue weighted by Gasteiger charge is 2.55. The molecular weight excluding hydrogens is 372 g/mol. The molecule has 1 amide bonds. The molecule has 0 spiro atoms. The van der Waals surface area contributed by atoms with E-state index in [9.17, 15) is 4.79 Å². The molecule has 0 radical (unpaired) electrons. The first kappa shape index (κ1) is 18.4. The Bertz CT molecular complexity index is 943. The molecule has 3 unspecified atom stereocenters. The van der Waals surface area contributed by atoms with Gasteiger partial charge >= 0.3 is 0 Å². The van der Waals surface area contributed by atoms with Crippen molar-refractivity contribution < 1.29 is 4.79 Å². The van der Waals surface area contributed by atoms with Crippen LogP contribution in [0.1, 0.15) is 27.9 Å². The summed E-state index contributed by atoms with van der Waals surface area (Å²) in [6.45, 7) is 7.45. The molecule has 30 heavy (non-hydrogen) atoms. The van der Waals surface area contributed by atoms with E-state index in [0.717, 1.165) is 69.9 Å². The van der Waals surface area contributed by atoms with E-state index in [1.807, 2.05) is 12.1 Å². The molecule has 2 aromatic rings. The van der Waals surface area contributed by atoms with Crippen molar-refractivity contribution in [3.8, 4) is 0 Å². The maximum Gasteiger partial charge on any atom is 0.253 e. The quantitative estimate of drug-likeness (QED) is 0.828. The van der Waals surface area contributed by atoms with Gasteiger partial charge in [-0.15, -0.1) is 0 Å². The lowest BCUT2D eigenvalue weighted by Gasteiger charge is -2.55. The maximum atomic E-state index is 13.6. The number of piperidine rings is 2. The second kappa shape index (κ2) is 7.10. The largest absolute Gasteiger partial charge is 0.384 e. The van der Waals surface area contributed by atoms with Crippen molar-refractivity contribution in [3.05, 3.63) is 65.2 Å². The molecule has 5 heteroatoms. The number of amides is 1. The van der Waals surface area contributed by atoms with Crippen LogP contribution in [0.5, 0.6) is 0 Å². The van der Waals surface area contributed by atoms with E-state index in [4.69, 9.17) is 0 Å². The molecule has 156 valence electrons. The predicted molar refractivity (Wildman–Crippen MR) is 119 cm³/mol. The molecule has 0 aliphatic carbocycles. The van der Waals surface area contributed by atoms with Crippen molar-refractivity contribution in [2.24, 2.45) is 5.92 Å². The summed E-state index contributed by atoms with van der Waals surface area (Å²) in [4.78, 5) is 18.8. The highest BCUT2D eigenvalue weighted by atomic mass is 16.1. The van der Waals surface area contributed by atoms with Gasteiger partial charge in [-0.05, 0) is 30.0 Å². The number of para-hydroxylation sites is 1. The summed E-state index contributed by atoms with van der Waals surface area (Å²) in [5.74, 6) is 0.546. The van der Waals surface area contributed by atoms with Gasteiger partial charge in [-0.3, -0.25) is 4.79 Å². The molecule has 7 rings (SSSR count). The topological polar surface area (TPSA) is 47.6 Å². The normalized spacial score (nSPS) is 34.0. The van der Waals surface area contributed by atoms with Crippen LogP contribution in [0.15, 0.2) is 48.5 Å². The number of rotatable bonds is 3. The Hall–Kier alpha value is -2.37. The lowest BCUT2D eigenvalue weighted by molar-refractivity contribution is 0.0181. The summed E-state index contributed by atoms with van der Waals surface area (Å²) < 4.78 is 0. The fourth-order valence-corrected chi connectivity index (χ4v) is 6.49. The van der Waals surface area contributed by atoms with E-state index in [0.29, 0.717) is 5.92 Å². The molecule has 0 aromatic heterocycles. The second-order valence-electron chi connectivity index (χ2n) is 9.57. The van der Waals surface area contributed by atoms with Crippen LogP contribution in [0.2, 0.25) is 0 Å². The van der Waals surface area contributed by atoms with Crippen LogP contribution in [0.3, 0.4) is 0 Å². The summed E-state index contributed by atoms with van der Waals surface area (Å²) in [6.07, 6.45) is 2.18. The minimum Gasteiger partial charge on any atom is -0.384 e. The average molecular weight is 403 g/mol. The monoisotopic (exact) mass is 402 g/mol. The number of nitrogens with zero attached hydrogens (tertiary/aromatic N) is 2. The Morgan fingerprint density at radius 3 is 2.53 bits per heavy atom. The molecule has 5 aliphatic heterocycles. The molecule has 5 aliphatic rings. The van der Waals surface area contributed by atoms with Crippen molar-refractivity contribution in [1.29, 1.82) is 0 Å². The number of benzene rings is 2. The number of nitrogens with one attached hydrogen (secondary N) is 2. The second-order valence-corrected chi connectivity index (χ2v) is 9.57. The summed E-state index contributed by atoms with van der Waals surface area (Å²) in [7, 11) is 0. The number of carbonyl (C=O) groups excluding carboxylic acids is 1. The van der Waals surface area contributed by atoms with Gasteiger partial charge in [0.1, 0.15) is 0 Å². The Kier molecular flexibility index (Phi) is 4.36. The highest BCUT2D eigenvalue weighted by Crippen LogP contribution is 2.43. The third-order valence-corrected chi connectivity index (χ3v) is 7.75. The van der Waals surface area contributed by atoms with E-state index < -0.39 is 0 Å². The molecule has 3 atom stereocenters. The zero-order valence-electron chi connectivity index (χ0n) is 17.4. The number of hydrogen-bond donors (Lipinski definition) is 2. The molecule has 4 bridgehead atoms. The number of aryl methyl sites for hydroxylation is 1. The van der Waals surface area contributed by atoms with E-state index in [2.05, 4.69) is 56.8 Å². The predicted octanol–water partition coefficient (Wildman–Crippen LogP) is 2.34. The highest BCUT2D eigenvalue weighted by molar-refractivity contribution is 6.00. The average Bonchev–Trinajstić information content (AvgIpc) is 3.04. The molecule has 5 heterocycles. The van der Waals surface area contributed by atoms with Crippen LogP contribution in [-0.2, 0) is 11.8 Å². The van der Waals surface area contributed by atoms with Gasteiger partial charge < -0.3 is 20.4 Å². The number of carbonyl (C=O) groups is 1. The van der Waals surface area contributed by atoms with Crippen LogP contribution < -0.4 is 10.6 Å². The maximum absolute atomic E-state index is 13.6. The van der Waals surface area contributed by atoms with Crippen molar-refractivity contribution in [3.63, 3.8) is 0 Å². The fourth-order valence-electron chi connectivity index (χ4n) is 6.49. The van der Waals surface area contributed by atoms with Gasteiger partial charge in [-0.25, -0.2) is 0 Å². The molecule has 4 saturated heterocycles. The molecule has 5 nitrogen and oxygen atoms in total. The fraction of sp³-hybridized carbons (Fsp3) is 0.480. The third-order valence-electron chi connectivity index (χ3n) is 7.75. The summed E-state index contributed by atoms with van der Waals surface area (Å²) in [6, 6.07) is 17.2. The smallest absolute Gasteiger partial charge is 0.253 e. The minimum atomic E-state index is -0.0448. The third kappa shape index (κ3) is 2.87. The van der Waals surface area contributed by atoms with Gasteiger partial charge in [-0.2, -0.15) is 0 Å². The van der Waals surface area contributed by atoms with E-state index in [1.165, 1.54) is 11.1 Å². The Morgan fingerprint density at radius 1 is 1.00 bits per heavy atom. The van der Waals surface area contributed by atoms with Crippen molar-refractivity contribution in [2.75, 3.05) is 51.1 Å². The molecule has 2 aromatic carbocycles. The first-order valence-corrected chi connectivity index (χ1v) is 11.4. The Morgan fingerprint density at radius 2 is 1.77 bits per heavy atom. The SMILES string of the molecule is O=C(NC1C2CN3CCN(C2)CC1(c1ccccc1)C3)c1cccc2c1NCCC2. The van der Waals surface area contributed by atoms with Crippen LogP contribution in [0, 0.1) is 5.92 Å². The van der Waals surface area contributed by atoms with Crippen LogP contribution >= 0.6 is 0 Å². The van der Waals surface area contributed by atoms with Crippen molar-refractivity contribution >= 4 is 11.6 Å². The van der Waals surface area contributed by atoms with E-state index in [-0.39, 0.29) is 17.4 Å². The van der Waals surface area contributed by atoms with Gasteiger partial charge in [0.05, 0.1) is 11.3 Å². The first-order valence-electron chi connectivity index (χ1n) is 11.4. The number of hydrogen-bond acceptors (Lipinski definition) is 4. The first-order chi connectivity index (χ1) is 14.7. The van der Waals surface area contributed by atoms with Crippen LogP contribution in [-0.4, -0.2) is 67.6 Å². The van der Waals surface area contributed by atoms with E-state index in [1.54, 1.807) is 0 Å². The van der Waals surface area contributed by atoms with Gasteiger partial charge in [0.25, 0.3) is 5.91 Å². The lowest BCUT2D eigenvalue weighted by atomic mass is 9.64. The molecule has 2 N–H and O–H groups in total.